The number of halogens is 3. The second kappa shape index (κ2) is 7.71. The summed E-state index contributed by atoms with van der Waals surface area (Å²) in [5.41, 5.74) is 1.22. The first-order chi connectivity index (χ1) is 8.20. The monoisotopic (exact) mass is 352 g/mol. The molecule has 1 unspecified atom stereocenters. The summed E-state index contributed by atoms with van der Waals surface area (Å²) in [7, 11) is 2.02. The average Bonchev–Trinajstić information content (AvgIpc) is 2.71. The molecule has 102 valence electrons. The van der Waals surface area contributed by atoms with Gasteiger partial charge in [0.15, 0.2) is 0 Å². The van der Waals surface area contributed by atoms with E-state index < -0.39 is 0 Å². The lowest BCUT2D eigenvalue weighted by Crippen LogP contribution is -2.36. The Balaban J connectivity index is 0.00000162. The molecule has 1 heterocycles. The first-order valence-corrected chi connectivity index (χ1v) is 7.20. The molecule has 0 spiro atoms. The van der Waals surface area contributed by atoms with Crippen LogP contribution < -0.4 is 5.32 Å². The fourth-order valence-electron chi connectivity index (χ4n) is 2.44. The molecule has 1 saturated heterocycles. The zero-order valence-electron chi connectivity index (χ0n) is 10.5. The van der Waals surface area contributed by atoms with Gasteiger partial charge in [0.25, 0.3) is 0 Å². The second-order valence-electron chi connectivity index (χ2n) is 4.56. The molecule has 0 aromatic heterocycles. The van der Waals surface area contributed by atoms with E-state index in [-0.39, 0.29) is 12.4 Å². The van der Waals surface area contributed by atoms with Gasteiger partial charge < -0.3 is 5.32 Å². The normalized spacial score (nSPS) is 19.8. The topological polar surface area (TPSA) is 15.3 Å². The Morgan fingerprint density at radius 3 is 2.94 bits per heavy atom. The van der Waals surface area contributed by atoms with Crippen molar-refractivity contribution in [2.45, 2.75) is 25.4 Å². The molecule has 0 radical (unpaired) electrons. The molecule has 2 rings (SSSR count). The van der Waals surface area contributed by atoms with E-state index >= 15 is 0 Å². The molecule has 18 heavy (non-hydrogen) atoms. The van der Waals surface area contributed by atoms with Gasteiger partial charge in [-0.15, -0.1) is 12.4 Å². The van der Waals surface area contributed by atoms with E-state index in [0.29, 0.717) is 6.04 Å². The molecule has 1 atom stereocenters. The standard InChI is InChI=1S/C13H18BrClN2.ClH/c1-16-8-12-3-2-6-17(12)9-10-4-5-11(14)7-13(10)15;/h4-5,7,12,16H,2-3,6,8-9H2,1H3;1H. The van der Waals surface area contributed by atoms with Gasteiger partial charge in [-0.05, 0) is 44.1 Å². The molecule has 1 aliphatic rings. The van der Waals surface area contributed by atoms with Crippen LogP contribution in [-0.2, 0) is 6.54 Å². The molecule has 0 aliphatic carbocycles. The van der Waals surface area contributed by atoms with Gasteiger partial charge in [0.05, 0.1) is 0 Å². The summed E-state index contributed by atoms with van der Waals surface area (Å²) >= 11 is 9.70. The molecule has 5 heteroatoms. The molecule has 0 bridgehead atoms. The zero-order valence-corrected chi connectivity index (χ0v) is 13.6. The molecule has 0 amide bonds. The number of likely N-dealkylation sites (N-methyl/N-ethyl adjacent to an activating group) is 1. The van der Waals surface area contributed by atoms with Crippen LogP contribution in [0.1, 0.15) is 18.4 Å². The van der Waals surface area contributed by atoms with Crippen LogP contribution >= 0.6 is 39.9 Å². The van der Waals surface area contributed by atoms with E-state index in [1.807, 2.05) is 13.1 Å². The van der Waals surface area contributed by atoms with Crippen LogP contribution in [0.5, 0.6) is 0 Å². The van der Waals surface area contributed by atoms with Crippen molar-refractivity contribution in [1.29, 1.82) is 0 Å². The lowest BCUT2D eigenvalue weighted by molar-refractivity contribution is 0.242. The summed E-state index contributed by atoms with van der Waals surface area (Å²) in [6.07, 6.45) is 2.58. The maximum Gasteiger partial charge on any atom is 0.0462 e. The number of nitrogens with one attached hydrogen (secondary N) is 1. The van der Waals surface area contributed by atoms with Gasteiger partial charge in [0.1, 0.15) is 0 Å². The molecule has 2 nitrogen and oxygen atoms in total. The van der Waals surface area contributed by atoms with Crippen molar-refractivity contribution < 1.29 is 0 Å². The summed E-state index contributed by atoms with van der Waals surface area (Å²) < 4.78 is 1.04. The van der Waals surface area contributed by atoms with Crippen molar-refractivity contribution in [2.24, 2.45) is 0 Å². The molecule has 1 aromatic carbocycles. The summed E-state index contributed by atoms with van der Waals surface area (Å²) in [6.45, 7) is 3.20. The van der Waals surface area contributed by atoms with Crippen molar-refractivity contribution in [3.8, 4) is 0 Å². The molecular weight excluding hydrogens is 335 g/mol. The van der Waals surface area contributed by atoms with Crippen LogP contribution in [0.2, 0.25) is 5.02 Å². The highest BCUT2D eigenvalue weighted by atomic mass is 79.9. The van der Waals surface area contributed by atoms with Crippen LogP contribution in [0.25, 0.3) is 0 Å². The van der Waals surface area contributed by atoms with Crippen LogP contribution in [-0.4, -0.2) is 31.1 Å². The number of benzene rings is 1. The van der Waals surface area contributed by atoms with Gasteiger partial charge in [0.2, 0.25) is 0 Å². The van der Waals surface area contributed by atoms with E-state index in [9.17, 15) is 0 Å². The Kier molecular flexibility index (Phi) is 6.96. The highest BCUT2D eigenvalue weighted by Crippen LogP contribution is 2.25. The summed E-state index contributed by atoms with van der Waals surface area (Å²) in [5, 5.41) is 4.12. The SMILES string of the molecule is CNCC1CCCN1Cc1ccc(Br)cc1Cl.Cl. The van der Waals surface area contributed by atoms with Gasteiger partial charge >= 0.3 is 0 Å². The van der Waals surface area contributed by atoms with Crippen molar-refractivity contribution in [3.05, 3.63) is 33.3 Å². The molecule has 0 saturated carbocycles. The quantitative estimate of drug-likeness (QED) is 0.887. The number of hydrogen-bond donors (Lipinski definition) is 1. The van der Waals surface area contributed by atoms with Crippen molar-refractivity contribution in [3.63, 3.8) is 0 Å². The fraction of sp³-hybridized carbons (Fsp3) is 0.538. The predicted octanol–water partition coefficient (Wildman–Crippen LogP) is 3.71. The first kappa shape index (κ1) is 16.3. The van der Waals surface area contributed by atoms with Gasteiger partial charge in [-0.2, -0.15) is 0 Å². The smallest absolute Gasteiger partial charge is 0.0462 e. The number of hydrogen-bond acceptors (Lipinski definition) is 2. The summed E-state index contributed by atoms with van der Waals surface area (Å²) in [5.74, 6) is 0. The van der Waals surface area contributed by atoms with E-state index in [0.717, 1.165) is 22.6 Å². The Hall–Kier alpha value is 0.200. The molecular formula is C13H19BrCl2N2. The minimum atomic E-state index is 0. The largest absolute Gasteiger partial charge is 0.318 e. The van der Waals surface area contributed by atoms with Crippen molar-refractivity contribution in [2.75, 3.05) is 20.1 Å². The zero-order chi connectivity index (χ0) is 12.3. The minimum absolute atomic E-state index is 0. The highest BCUT2D eigenvalue weighted by Gasteiger charge is 2.24. The van der Waals surface area contributed by atoms with Crippen LogP contribution in [0.3, 0.4) is 0 Å². The van der Waals surface area contributed by atoms with E-state index in [1.54, 1.807) is 0 Å². The Bertz CT molecular complexity index is 387. The third-order valence-electron chi connectivity index (χ3n) is 3.33. The minimum Gasteiger partial charge on any atom is -0.318 e. The lowest BCUT2D eigenvalue weighted by atomic mass is 10.2. The fourth-order valence-corrected chi connectivity index (χ4v) is 3.17. The predicted molar refractivity (Wildman–Crippen MR) is 83.8 cm³/mol. The third kappa shape index (κ3) is 4.10. The van der Waals surface area contributed by atoms with Gasteiger partial charge in [-0.1, -0.05) is 33.6 Å². The van der Waals surface area contributed by atoms with Crippen molar-refractivity contribution in [1.82, 2.24) is 10.2 Å². The Morgan fingerprint density at radius 2 is 2.28 bits per heavy atom. The van der Waals surface area contributed by atoms with Gasteiger partial charge in [-0.25, -0.2) is 0 Å². The number of nitrogens with zero attached hydrogens (tertiary/aromatic N) is 1. The average molecular weight is 354 g/mol. The van der Waals surface area contributed by atoms with Crippen LogP contribution in [0.15, 0.2) is 22.7 Å². The number of likely N-dealkylation sites (tertiary alicyclic amines) is 1. The Labute approximate surface area is 129 Å². The van der Waals surface area contributed by atoms with E-state index in [2.05, 4.69) is 38.3 Å². The van der Waals surface area contributed by atoms with Gasteiger partial charge in [0, 0.05) is 28.6 Å². The summed E-state index contributed by atoms with van der Waals surface area (Å²) in [4.78, 5) is 2.52. The highest BCUT2D eigenvalue weighted by molar-refractivity contribution is 9.10. The molecule has 1 aliphatic heterocycles. The second-order valence-corrected chi connectivity index (χ2v) is 5.88. The third-order valence-corrected chi connectivity index (χ3v) is 4.17. The molecule has 1 aromatic rings. The molecule has 1 fully saturated rings. The van der Waals surface area contributed by atoms with Gasteiger partial charge in [-0.3, -0.25) is 4.90 Å². The lowest BCUT2D eigenvalue weighted by Gasteiger charge is -2.24. The Morgan fingerprint density at radius 1 is 1.50 bits per heavy atom. The van der Waals surface area contributed by atoms with E-state index in [4.69, 9.17) is 11.6 Å². The first-order valence-electron chi connectivity index (χ1n) is 6.03. The van der Waals surface area contributed by atoms with Crippen LogP contribution in [0.4, 0.5) is 0 Å². The van der Waals surface area contributed by atoms with Crippen LogP contribution in [0, 0.1) is 0 Å². The molecule has 1 N–H and O–H groups in total. The number of rotatable bonds is 4. The van der Waals surface area contributed by atoms with Crippen molar-refractivity contribution >= 4 is 39.9 Å². The maximum atomic E-state index is 6.26. The maximum absolute atomic E-state index is 6.26. The summed E-state index contributed by atoms with van der Waals surface area (Å²) in [6, 6.07) is 6.80. The van der Waals surface area contributed by atoms with E-state index in [1.165, 1.54) is 24.9 Å².